The fourth-order valence-electron chi connectivity index (χ4n) is 0.926. The second kappa shape index (κ2) is 3.18. The molecule has 8 nitrogen and oxygen atoms in total. The summed E-state index contributed by atoms with van der Waals surface area (Å²) in [5, 5.41) is 12.0. The monoisotopic (exact) mass is 212 g/mol. The minimum absolute atomic E-state index is 0.231. The zero-order valence-corrected chi connectivity index (χ0v) is 8.14. The van der Waals surface area contributed by atoms with Gasteiger partial charge in [0, 0.05) is 0 Å². The third kappa shape index (κ3) is 1.27. The molecule has 0 aliphatic rings. The summed E-state index contributed by atoms with van der Waals surface area (Å²) < 4.78 is 2.55. The second-order valence-corrected chi connectivity index (χ2v) is 3.18. The standard InChI is InChI=1S/C5H8N8S/c1-14-4-9-3(6)13(11-4)5-10-8-2-12(5)7/h2H,7H2,1H3,(H2,6,9,11). The smallest absolute Gasteiger partial charge is 0.273 e. The second-order valence-electron chi connectivity index (χ2n) is 2.41. The molecule has 0 radical (unpaired) electrons. The van der Waals surface area contributed by atoms with Gasteiger partial charge in [-0.2, -0.15) is 9.67 Å². The number of anilines is 1. The molecule has 0 spiro atoms. The normalized spacial score (nSPS) is 10.6. The Hall–Kier alpha value is -1.77. The van der Waals surface area contributed by atoms with E-state index in [0.717, 1.165) is 0 Å². The summed E-state index contributed by atoms with van der Waals surface area (Å²) in [7, 11) is 0. The molecule has 0 saturated carbocycles. The number of aromatic nitrogens is 6. The Balaban J connectivity index is 2.51. The highest BCUT2D eigenvalue weighted by molar-refractivity contribution is 7.98. The van der Waals surface area contributed by atoms with Crippen molar-refractivity contribution in [2.24, 2.45) is 0 Å². The predicted octanol–water partition coefficient (Wildman–Crippen LogP) is -1.12. The molecule has 0 fully saturated rings. The lowest BCUT2D eigenvalue weighted by Crippen LogP contribution is -2.15. The summed E-state index contributed by atoms with van der Waals surface area (Å²) in [6.07, 6.45) is 3.21. The fourth-order valence-corrected chi connectivity index (χ4v) is 1.27. The number of nitrogens with zero attached hydrogens (tertiary/aromatic N) is 6. The van der Waals surface area contributed by atoms with Crippen LogP contribution in [0, 0.1) is 0 Å². The third-order valence-corrected chi connectivity index (χ3v) is 2.08. The molecule has 2 aromatic heterocycles. The summed E-state index contributed by atoms with van der Waals surface area (Å²) in [5.41, 5.74) is 5.62. The van der Waals surface area contributed by atoms with E-state index in [9.17, 15) is 0 Å². The summed E-state index contributed by atoms with van der Waals surface area (Å²) in [6.45, 7) is 0. The molecule has 0 atom stereocenters. The molecule has 74 valence electrons. The number of nitrogen functional groups attached to an aromatic ring is 2. The fraction of sp³-hybridized carbons (Fsp3) is 0.200. The van der Waals surface area contributed by atoms with Gasteiger partial charge in [-0.3, -0.25) is 0 Å². The summed E-state index contributed by atoms with van der Waals surface area (Å²) in [4.78, 5) is 3.98. The van der Waals surface area contributed by atoms with E-state index in [1.165, 1.54) is 27.4 Å². The van der Waals surface area contributed by atoms with Crippen molar-refractivity contribution in [3.8, 4) is 5.95 Å². The first-order valence-corrected chi connectivity index (χ1v) is 4.87. The van der Waals surface area contributed by atoms with Crippen LogP contribution in [0.1, 0.15) is 0 Å². The molecule has 0 bridgehead atoms. The van der Waals surface area contributed by atoms with Gasteiger partial charge in [0.2, 0.25) is 11.1 Å². The summed E-state index contributed by atoms with van der Waals surface area (Å²) >= 11 is 1.39. The molecule has 0 aliphatic heterocycles. The Labute approximate surface area is 83.3 Å². The van der Waals surface area contributed by atoms with Crippen LogP contribution in [0.2, 0.25) is 0 Å². The maximum atomic E-state index is 5.62. The molecule has 9 heteroatoms. The van der Waals surface area contributed by atoms with E-state index in [2.05, 4.69) is 20.3 Å². The third-order valence-electron chi connectivity index (χ3n) is 1.54. The lowest BCUT2D eigenvalue weighted by molar-refractivity contribution is 0.755. The van der Waals surface area contributed by atoms with Gasteiger partial charge in [-0.05, 0) is 6.26 Å². The molecule has 4 N–H and O–H groups in total. The number of rotatable bonds is 2. The van der Waals surface area contributed by atoms with E-state index in [1.807, 2.05) is 6.26 Å². The van der Waals surface area contributed by atoms with Gasteiger partial charge in [0.05, 0.1) is 0 Å². The lowest BCUT2D eigenvalue weighted by atomic mass is 10.9. The largest absolute Gasteiger partial charge is 0.368 e. The van der Waals surface area contributed by atoms with Gasteiger partial charge < -0.3 is 11.6 Å². The van der Waals surface area contributed by atoms with Crippen molar-refractivity contribution in [1.29, 1.82) is 0 Å². The van der Waals surface area contributed by atoms with Crippen molar-refractivity contribution >= 4 is 17.7 Å². The zero-order valence-electron chi connectivity index (χ0n) is 7.32. The topological polar surface area (TPSA) is 113 Å². The van der Waals surface area contributed by atoms with Crippen LogP contribution in [0.3, 0.4) is 0 Å². The highest BCUT2D eigenvalue weighted by Crippen LogP contribution is 2.13. The van der Waals surface area contributed by atoms with E-state index >= 15 is 0 Å². The first kappa shape index (κ1) is 8.81. The van der Waals surface area contributed by atoms with Crippen molar-refractivity contribution in [1.82, 2.24) is 29.6 Å². The average Bonchev–Trinajstić information content (AvgIpc) is 2.72. The molecule has 2 heterocycles. The van der Waals surface area contributed by atoms with Crippen LogP contribution in [0.25, 0.3) is 5.95 Å². The van der Waals surface area contributed by atoms with Crippen molar-refractivity contribution < 1.29 is 0 Å². The van der Waals surface area contributed by atoms with Gasteiger partial charge in [0.1, 0.15) is 6.33 Å². The molecule has 0 aliphatic carbocycles. The Bertz CT molecular complexity index is 444. The Kier molecular flexibility index (Phi) is 2.00. The van der Waals surface area contributed by atoms with E-state index in [0.29, 0.717) is 11.1 Å². The maximum Gasteiger partial charge on any atom is 0.273 e. The predicted molar refractivity (Wildman–Crippen MR) is 51.3 cm³/mol. The lowest BCUT2D eigenvalue weighted by Gasteiger charge is -1.98. The molecule has 0 unspecified atom stereocenters. The van der Waals surface area contributed by atoms with E-state index < -0.39 is 0 Å². The zero-order chi connectivity index (χ0) is 10.1. The molecular formula is C5H8N8S. The highest BCUT2D eigenvalue weighted by atomic mass is 32.2. The minimum Gasteiger partial charge on any atom is -0.368 e. The van der Waals surface area contributed by atoms with E-state index in [-0.39, 0.29) is 5.95 Å². The molecule has 2 aromatic rings. The van der Waals surface area contributed by atoms with Gasteiger partial charge >= 0.3 is 0 Å². The van der Waals surface area contributed by atoms with Crippen LogP contribution < -0.4 is 11.6 Å². The Morgan fingerprint density at radius 2 is 2.29 bits per heavy atom. The average molecular weight is 212 g/mol. The Morgan fingerprint density at radius 3 is 2.79 bits per heavy atom. The van der Waals surface area contributed by atoms with Crippen molar-refractivity contribution in [2.75, 3.05) is 17.8 Å². The molecule has 14 heavy (non-hydrogen) atoms. The number of nitrogens with two attached hydrogens (primary N) is 2. The highest BCUT2D eigenvalue weighted by Gasteiger charge is 2.12. The molecule has 0 amide bonds. The number of hydrogen-bond donors (Lipinski definition) is 2. The summed E-state index contributed by atoms with van der Waals surface area (Å²) in [6, 6.07) is 0. The van der Waals surface area contributed by atoms with Gasteiger partial charge in [-0.15, -0.1) is 15.3 Å². The van der Waals surface area contributed by atoms with E-state index in [1.54, 1.807) is 0 Å². The number of thioether (sulfide) groups is 1. The quantitative estimate of drug-likeness (QED) is 0.478. The van der Waals surface area contributed by atoms with Crippen LogP contribution in [-0.2, 0) is 0 Å². The van der Waals surface area contributed by atoms with Gasteiger partial charge in [0.25, 0.3) is 5.95 Å². The maximum absolute atomic E-state index is 5.62. The molecule has 0 saturated heterocycles. The summed E-state index contributed by atoms with van der Waals surface area (Å²) in [5.74, 6) is 6.09. The van der Waals surface area contributed by atoms with Crippen LogP contribution in [0.15, 0.2) is 11.5 Å². The van der Waals surface area contributed by atoms with Gasteiger partial charge in [-0.25, -0.2) is 4.68 Å². The van der Waals surface area contributed by atoms with Crippen molar-refractivity contribution in [3.05, 3.63) is 6.33 Å². The minimum atomic E-state index is 0.231. The van der Waals surface area contributed by atoms with Crippen LogP contribution in [0.4, 0.5) is 5.95 Å². The molecule has 0 aromatic carbocycles. The van der Waals surface area contributed by atoms with Gasteiger partial charge in [-0.1, -0.05) is 11.8 Å². The van der Waals surface area contributed by atoms with E-state index in [4.69, 9.17) is 11.6 Å². The first-order valence-electron chi connectivity index (χ1n) is 3.64. The van der Waals surface area contributed by atoms with Crippen LogP contribution in [0.5, 0.6) is 0 Å². The molecular weight excluding hydrogens is 204 g/mol. The van der Waals surface area contributed by atoms with Crippen molar-refractivity contribution in [3.63, 3.8) is 0 Å². The first-order chi connectivity index (χ1) is 6.72. The number of hydrogen-bond acceptors (Lipinski definition) is 7. The van der Waals surface area contributed by atoms with Crippen LogP contribution in [-0.4, -0.2) is 35.9 Å². The van der Waals surface area contributed by atoms with Crippen LogP contribution >= 0.6 is 11.8 Å². The van der Waals surface area contributed by atoms with Gasteiger partial charge in [0.15, 0.2) is 0 Å². The van der Waals surface area contributed by atoms with Crippen molar-refractivity contribution in [2.45, 2.75) is 5.16 Å². The SMILES string of the molecule is CSc1nc(N)n(-c2nncn2N)n1. The Morgan fingerprint density at radius 1 is 1.50 bits per heavy atom. The molecule has 2 rings (SSSR count).